The van der Waals surface area contributed by atoms with E-state index in [1.54, 1.807) is 12.1 Å². The first-order valence-electron chi connectivity index (χ1n) is 20.5. The lowest BCUT2D eigenvalue weighted by Gasteiger charge is -2.49. The molecule has 8 atom stereocenters. The molecule has 54 heavy (non-hydrogen) atoms. The Labute approximate surface area is 320 Å². The van der Waals surface area contributed by atoms with Crippen LogP contribution >= 0.6 is 0 Å². The van der Waals surface area contributed by atoms with Crippen molar-refractivity contribution in [2.45, 2.75) is 94.8 Å². The van der Waals surface area contributed by atoms with Crippen LogP contribution in [0.4, 0.5) is 0 Å². The predicted molar refractivity (Wildman–Crippen MR) is 214 cm³/mol. The number of hydrogen-bond acceptors (Lipinski definition) is 5. The van der Waals surface area contributed by atoms with Crippen LogP contribution in [0.5, 0.6) is 5.75 Å². The second-order valence-corrected chi connectivity index (χ2v) is 16.8. The van der Waals surface area contributed by atoms with Gasteiger partial charge in [0.1, 0.15) is 11.5 Å². The number of aromatic hydroxyl groups is 1. The molecule has 0 amide bonds. The molecule has 0 radical (unpaired) electrons. The fourth-order valence-corrected chi connectivity index (χ4v) is 10.8. The van der Waals surface area contributed by atoms with Crippen molar-refractivity contribution in [3.05, 3.63) is 124 Å². The maximum absolute atomic E-state index is 13.6. The number of rotatable bonds is 11. The normalized spacial score (nSPS) is 29.9. The van der Waals surface area contributed by atoms with Gasteiger partial charge in [-0.1, -0.05) is 111 Å². The molecule has 6 heteroatoms. The van der Waals surface area contributed by atoms with Crippen molar-refractivity contribution in [1.82, 2.24) is 0 Å². The van der Waals surface area contributed by atoms with Gasteiger partial charge in [-0.05, 0) is 121 Å². The number of benzene rings is 3. The van der Waals surface area contributed by atoms with Crippen LogP contribution in [-0.4, -0.2) is 44.7 Å². The zero-order chi connectivity index (χ0) is 37.7. The Bertz CT molecular complexity index is 1940. The Morgan fingerprint density at radius 3 is 2.39 bits per heavy atom. The molecule has 6 nitrogen and oxygen atoms in total. The summed E-state index contributed by atoms with van der Waals surface area (Å²) in [5, 5.41) is 55.4. The van der Waals surface area contributed by atoms with Crippen molar-refractivity contribution < 1.29 is 30.3 Å². The number of carboxylic acid groups (broad SMARTS) is 1. The van der Waals surface area contributed by atoms with E-state index < -0.39 is 23.2 Å². The predicted octanol–water partition coefficient (Wildman–Crippen LogP) is 8.09. The maximum Gasteiger partial charge on any atom is 0.308 e. The van der Waals surface area contributed by atoms with Gasteiger partial charge in [0.05, 0.1) is 19.1 Å². The van der Waals surface area contributed by atoms with Gasteiger partial charge < -0.3 is 25.5 Å². The molecule has 2 bridgehead atoms. The Morgan fingerprint density at radius 2 is 1.63 bits per heavy atom. The Hall–Kier alpha value is -4.13. The van der Waals surface area contributed by atoms with Gasteiger partial charge >= 0.3 is 5.97 Å². The van der Waals surface area contributed by atoms with Gasteiger partial charge in [0.25, 0.3) is 0 Å². The zero-order valence-corrected chi connectivity index (χ0v) is 31.5. The molecule has 0 heterocycles. The van der Waals surface area contributed by atoms with Gasteiger partial charge in [-0.15, -0.1) is 0 Å². The lowest BCUT2D eigenvalue weighted by Crippen LogP contribution is -2.51. The van der Waals surface area contributed by atoms with Crippen molar-refractivity contribution in [2.24, 2.45) is 35.5 Å². The van der Waals surface area contributed by atoms with E-state index in [0.717, 1.165) is 72.9 Å². The Kier molecular flexibility index (Phi) is 12.1. The molecule has 3 aromatic rings. The SMILES string of the molecule is O=C(O)[C@H]1[C@H](CO)/C=C\C[C@H](CCCCCC[C@@H]2C=C(CO)CC2)[C@@H](c2ccc(O)cc2)Cc2cccc(c2)[C@]12CC[C@@H]1C=c3ccccc3=C(O)[C@@H]1C2. The molecule has 1 spiro atoms. The van der Waals surface area contributed by atoms with Crippen LogP contribution in [-0.2, 0) is 16.6 Å². The number of phenols is 1. The zero-order valence-electron chi connectivity index (χ0n) is 31.5. The highest BCUT2D eigenvalue weighted by atomic mass is 16.4. The average Bonchev–Trinajstić information content (AvgIpc) is 3.65. The molecule has 5 N–H and O–H groups in total. The number of fused-ring (bicyclic) bond motifs is 5. The number of carboxylic acids is 1. The first-order chi connectivity index (χ1) is 26.3. The molecule has 1 fully saturated rings. The van der Waals surface area contributed by atoms with Gasteiger partial charge in [-0.25, -0.2) is 0 Å². The van der Waals surface area contributed by atoms with Gasteiger partial charge in [0, 0.05) is 22.5 Å². The standard InChI is InChI=1S/C48H58O6/c49-30-34-18-17-32(25-34)9-3-1-2-4-11-35-13-8-14-39(31-50)45(47(53)54)48(24-23-38-28-37-12-5-6-16-42(37)46(52)44(38)29-48)40-15-7-10-33(26-40)27-43(35)36-19-21-41(51)22-20-36/h5-8,10,12,14-16,19-22,25-26,28,32,35,38-39,43-45,49-52H,1-4,9,11,13,17-18,23-24,27,29-31H2,(H,53,54)/b14-8-/t32-,35-,38+,39-,43-,44+,45+,48+/m0/s1. The van der Waals surface area contributed by atoms with Crippen LogP contribution in [0.1, 0.15) is 99.7 Å². The molecule has 286 valence electrons. The molecular formula is C48H58O6. The lowest BCUT2D eigenvalue weighted by molar-refractivity contribution is -0.148. The van der Waals surface area contributed by atoms with Crippen LogP contribution < -0.4 is 10.4 Å². The van der Waals surface area contributed by atoms with Crippen molar-refractivity contribution in [3.63, 3.8) is 0 Å². The van der Waals surface area contributed by atoms with Crippen LogP contribution in [0.15, 0.2) is 96.6 Å². The van der Waals surface area contributed by atoms with E-state index in [9.17, 15) is 30.3 Å². The molecule has 4 aliphatic carbocycles. The van der Waals surface area contributed by atoms with Crippen molar-refractivity contribution in [1.29, 1.82) is 0 Å². The highest BCUT2D eigenvalue weighted by Crippen LogP contribution is 2.54. The summed E-state index contributed by atoms with van der Waals surface area (Å²) in [6.45, 7) is -0.0795. The number of aliphatic hydroxyl groups excluding tert-OH is 3. The molecule has 0 saturated heterocycles. The van der Waals surface area contributed by atoms with Crippen molar-refractivity contribution >= 4 is 17.8 Å². The molecule has 1 saturated carbocycles. The molecule has 0 unspecified atom stereocenters. The Balaban J connectivity index is 1.20. The van der Waals surface area contributed by atoms with Crippen molar-refractivity contribution in [3.8, 4) is 5.75 Å². The summed E-state index contributed by atoms with van der Waals surface area (Å²) in [6, 6.07) is 24.2. The number of hydrogen-bond donors (Lipinski definition) is 5. The molecule has 0 aromatic heterocycles. The van der Waals surface area contributed by atoms with E-state index in [0.29, 0.717) is 24.5 Å². The topological polar surface area (TPSA) is 118 Å². The number of aliphatic hydroxyl groups is 3. The average molecular weight is 731 g/mol. The number of aliphatic carboxylic acids is 1. The second kappa shape index (κ2) is 17.1. The smallest absolute Gasteiger partial charge is 0.308 e. The summed E-state index contributed by atoms with van der Waals surface area (Å²) in [5.41, 5.74) is 3.72. The quantitative estimate of drug-likeness (QED) is 0.101. The summed E-state index contributed by atoms with van der Waals surface area (Å²) in [4.78, 5) is 13.6. The fraction of sp³-hybridized carbons (Fsp3) is 0.479. The van der Waals surface area contributed by atoms with Crippen LogP contribution in [0, 0.1) is 35.5 Å². The minimum Gasteiger partial charge on any atom is -0.511 e. The van der Waals surface area contributed by atoms with Gasteiger partial charge in [0.15, 0.2) is 0 Å². The minimum absolute atomic E-state index is 0.117. The summed E-state index contributed by atoms with van der Waals surface area (Å²) < 4.78 is 0. The molecule has 7 rings (SSSR count). The molecular weight excluding hydrogens is 673 g/mol. The van der Waals surface area contributed by atoms with E-state index in [1.165, 1.54) is 30.4 Å². The first-order valence-corrected chi connectivity index (χ1v) is 20.5. The summed E-state index contributed by atoms with van der Waals surface area (Å²) in [7, 11) is 0. The Morgan fingerprint density at radius 1 is 0.833 bits per heavy atom. The number of phenolic OH excluding ortho intramolecular Hbond substituents is 1. The number of unbranched alkanes of at least 4 members (excludes halogenated alkanes) is 3. The third kappa shape index (κ3) is 8.11. The van der Waals surface area contributed by atoms with Gasteiger partial charge in [-0.3, -0.25) is 4.79 Å². The third-order valence-corrected chi connectivity index (χ3v) is 13.6. The van der Waals surface area contributed by atoms with E-state index >= 15 is 0 Å². The second-order valence-electron chi connectivity index (χ2n) is 16.8. The maximum atomic E-state index is 13.6. The van der Waals surface area contributed by atoms with E-state index in [4.69, 9.17) is 0 Å². The summed E-state index contributed by atoms with van der Waals surface area (Å²) in [5.74, 6) is -0.788. The first kappa shape index (κ1) is 38.2. The number of carbonyl (C=O) groups is 1. The molecule has 4 aliphatic rings. The summed E-state index contributed by atoms with van der Waals surface area (Å²) in [6.07, 6.45) is 21.1. The van der Waals surface area contributed by atoms with Gasteiger partial charge in [0.2, 0.25) is 0 Å². The van der Waals surface area contributed by atoms with E-state index in [1.807, 2.05) is 30.3 Å². The monoisotopic (exact) mass is 730 g/mol. The van der Waals surface area contributed by atoms with Gasteiger partial charge in [-0.2, -0.15) is 0 Å². The molecule has 0 aliphatic heterocycles. The third-order valence-electron chi connectivity index (χ3n) is 13.6. The van der Waals surface area contributed by atoms with Crippen LogP contribution in [0.3, 0.4) is 0 Å². The highest BCUT2D eigenvalue weighted by Gasteiger charge is 2.53. The lowest BCUT2D eigenvalue weighted by atomic mass is 9.53. The van der Waals surface area contributed by atoms with Crippen LogP contribution in [0.2, 0.25) is 0 Å². The van der Waals surface area contributed by atoms with E-state index in [-0.39, 0.29) is 42.6 Å². The fourth-order valence-electron chi connectivity index (χ4n) is 10.8. The minimum atomic E-state index is -0.904. The van der Waals surface area contributed by atoms with E-state index in [2.05, 4.69) is 54.6 Å². The molecule has 3 aromatic carbocycles. The van der Waals surface area contributed by atoms with Crippen LogP contribution in [0.25, 0.3) is 11.8 Å². The van der Waals surface area contributed by atoms with Crippen molar-refractivity contribution in [2.75, 3.05) is 13.2 Å². The largest absolute Gasteiger partial charge is 0.511 e. The number of allylic oxidation sites excluding steroid dienone is 2. The summed E-state index contributed by atoms with van der Waals surface area (Å²) >= 11 is 0. The highest BCUT2D eigenvalue weighted by molar-refractivity contribution is 5.74.